The summed E-state index contributed by atoms with van der Waals surface area (Å²) >= 11 is 6.34. The summed E-state index contributed by atoms with van der Waals surface area (Å²) in [6.45, 7) is 1.76. The monoisotopic (exact) mass is 467 g/mol. The highest BCUT2D eigenvalue weighted by Gasteiger charge is 2.31. The van der Waals surface area contributed by atoms with Crippen LogP contribution in [0.1, 0.15) is 17.2 Å². The van der Waals surface area contributed by atoms with E-state index in [-0.39, 0.29) is 11.1 Å². The second kappa shape index (κ2) is 8.87. The largest absolute Gasteiger partial charge is 0.327 e. The van der Waals surface area contributed by atoms with Crippen LogP contribution in [0.3, 0.4) is 0 Å². The number of rotatable bonds is 4. The van der Waals surface area contributed by atoms with E-state index in [0.717, 1.165) is 4.68 Å². The summed E-state index contributed by atoms with van der Waals surface area (Å²) in [5.41, 5.74) is 1.79. The van der Waals surface area contributed by atoms with E-state index in [9.17, 15) is 18.8 Å². The number of anilines is 1. The molecule has 168 valence electrons. The minimum Gasteiger partial charge on any atom is -0.327 e. The molecule has 3 amide bonds. The van der Waals surface area contributed by atoms with E-state index in [1.54, 1.807) is 19.1 Å². The van der Waals surface area contributed by atoms with Crippen molar-refractivity contribution in [3.05, 3.63) is 98.8 Å². The Morgan fingerprint density at radius 1 is 1.18 bits per heavy atom. The van der Waals surface area contributed by atoms with Gasteiger partial charge in [0.2, 0.25) is 0 Å². The van der Waals surface area contributed by atoms with E-state index in [1.807, 2.05) is 0 Å². The summed E-state index contributed by atoms with van der Waals surface area (Å²) in [7, 11) is 1.52. The lowest BCUT2D eigenvalue weighted by Crippen LogP contribution is -2.44. The number of amides is 3. The van der Waals surface area contributed by atoms with Crippen molar-refractivity contribution in [1.82, 2.24) is 20.0 Å². The Morgan fingerprint density at radius 3 is 2.61 bits per heavy atom. The number of carbonyl (C=O) groups is 2. The van der Waals surface area contributed by atoms with E-state index in [1.165, 1.54) is 60.7 Å². The molecule has 2 aromatic carbocycles. The Balaban J connectivity index is 1.70. The molecule has 1 aliphatic heterocycles. The second-order valence-corrected chi connectivity index (χ2v) is 7.88. The highest BCUT2D eigenvalue weighted by atomic mass is 35.5. The van der Waals surface area contributed by atoms with Gasteiger partial charge in [-0.3, -0.25) is 9.59 Å². The van der Waals surface area contributed by atoms with Gasteiger partial charge in [-0.05, 0) is 48.4 Å². The first-order valence-electron chi connectivity index (χ1n) is 9.91. The minimum atomic E-state index is -0.778. The molecule has 0 saturated carbocycles. The van der Waals surface area contributed by atoms with Crippen LogP contribution in [0.4, 0.5) is 14.9 Å². The maximum Gasteiger partial charge on any atom is 0.321 e. The van der Waals surface area contributed by atoms with E-state index >= 15 is 0 Å². The molecule has 0 aliphatic carbocycles. The molecule has 2 N–H and O–H groups in total. The summed E-state index contributed by atoms with van der Waals surface area (Å²) in [5, 5.41) is 9.90. The van der Waals surface area contributed by atoms with Gasteiger partial charge >= 0.3 is 6.03 Å². The molecule has 1 aromatic heterocycles. The van der Waals surface area contributed by atoms with Gasteiger partial charge in [0, 0.05) is 31.2 Å². The first-order chi connectivity index (χ1) is 15.7. The van der Waals surface area contributed by atoms with Crippen molar-refractivity contribution in [3.63, 3.8) is 0 Å². The molecule has 10 heteroatoms. The number of carbonyl (C=O) groups excluding carboxylic acids is 2. The summed E-state index contributed by atoms with van der Waals surface area (Å²) in [6.07, 6.45) is 2.88. The number of halogens is 2. The van der Waals surface area contributed by atoms with E-state index in [0.29, 0.717) is 27.5 Å². The van der Waals surface area contributed by atoms with Crippen molar-refractivity contribution in [3.8, 4) is 5.69 Å². The van der Waals surface area contributed by atoms with Gasteiger partial charge in [0.25, 0.3) is 11.5 Å². The Labute approximate surface area is 193 Å². The lowest BCUT2D eigenvalue weighted by atomic mass is 9.97. The van der Waals surface area contributed by atoms with Crippen LogP contribution in [0.5, 0.6) is 0 Å². The van der Waals surface area contributed by atoms with Crippen molar-refractivity contribution in [2.75, 3.05) is 12.4 Å². The third kappa shape index (κ3) is 4.49. The van der Waals surface area contributed by atoms with Gasteiger partial charge in [0.1, 0.15) is 5.82 Å². The molecule has 4 rings (SSSR count). The molecule has 33 heavy (non-hydrogen) atoms. The first kappa shape index (κ1) is 22.2. The van der Waals surface area contributed by atoms with Crippen molar-refractivity contribution >= 4 is 29.2 Å². The third-order valence-corrected chi connectivity index (χ3v) is 5.49. The third-order valence-electron chi connectivity index (χ3n) is 5.18. The standard InChI is InChI=1S/C23H19ClFN5O3/c1-13-10-17(24)19(30-20(31)4-3-9-26-30)11-18(13)27-22(32)16-12-29(2)23(33)28-21(16)14-5-7-15(25)8-6-14/h3-12,21H,1-2H3,(H,27,32)(H,28,33). The maximum atomic E-state index is 13.4. The zero-order chi connectivity index (χ0) is 23.7. The van der Waals surface area contributed by atoms with Gasteiger partial charge in [0.05, 0.1) is 22.3 Å². The topological polar surface area (TPSA) is 96.3 Å². The maximum absolute atomic E-state index is 13.4. The van der Waals surface area contributed by atoms with Crippen LogP contribution >= 0.6 is 11.6 Å². The SMILES string of the molecule is Cc1cc(Cl)c(-n2ncccc2=O)cc1NC(=O)C1=CN(C)C(=O)NC1c1ccc(F)cc1. The highest BCUT2D eigenvalue weighted by molar-refractivity contribution is 6.32. The number of urea groups is 1. The smallest absolute Gasteiger partial charge is 0.321 e. The zero-order valence-electron chi connectivity index (χ0n) is 17.7. The molecule has 0 fully saturated rings. The number of nitrogens with zero attached hydrogens (tertiary/aromatic N) is 3. The average molecular weight is 468 g/mol. The first-order valence-corrected chi connectivity index (χ1v) is 10.3. The Morgan fingerprint density at radius 2 is 1.91 bits per heavy atom. The van der Waals surface area contributed by atoms with Crippen LogP contribution < -0.4 is 16.2 Å². The molecule has 0 saturated heterocycles. The fourth-order valence-corrected chi connectivity index (χ4v) is 3.74. The molecule has 2 heterocycles. The molecular weight excluding hydrogens is 449 g/mol. The predicted molar refractivity (Wildman–Crippen MR) is 122 cm³/mol. The normalized spacial score (nSPS) is 15.6. The summed E-state index contributed by atoms with van der Waals surface area (Å²) < 4.78 is 14.5. The molecule has 8 nitrogen and oxygen atoms in total. The molecule has 1 atom stereocenters. The van der Waals surface area contributed by atoms with E-state index in [4.69, 9.17) is 11.6 Å². The zero-order valence-corrected chi connectivity index (χ0v) is 18.4. The summed E-state index contributed by atoms with van der Waals surface area (Å²) in [4.78, 5) is 38.9. The van der Waals surface area contributed by atoms with Crippen LogP contribution in [0, 0.1) is 12.7 Å². The molecular formula is C23H19ClFN5O3. The number of nitrogens with one attached hydrogen (secondary N) is 2. The summed E-state index contributed by atoms with van der Waals surface area (Å²) in [6, 6.07) is 10.4. The van der Waals surface area contributed by atoms with Crippen molar-refractivity contribution < 1.29 is 14.0 Å². The van der Waals surface area contributed by atoms with Gasteiger partial charge in [0.15, 0.2) is 0 Å². The Bertz CT molecular complexity index is 1340. The van der Waals surface area contributed by atoms with Gasteiger partial charge in [-0.1, -0.05) is 23.7 Å². The minimum absolute atomic E-state index is 0.245. The molecule has 3 aromatic rings. The molecule has 1 aliphatic rings. The van der Waals surface area contributed by atoms with Gasteiger partial charge < -0.3 is 15.5 Å². The van der Waals surface area contributed by atoms with Crippen LogP contribution in [-0.4, -0.2) is 33.7 Å². The molecule has 1 unspecified atom stereocenters. The quantitative estimate of drug-likeness (QED) is 0.613. The number of hydrogen-bond acceptors (Lipinski definition) is 4. The van der Waals surface area contributed by atoms with Crippen molar-refractivity contribution in [2.45, 2.75) is 13.0 Å². The number of hydrogen-bond donors (Lipinski definition) is 2. The van der Waals surface area contributed by atoms with Crippen LogP contribution in [-0.2, 0) is 4.79 Å². The Kier molecular flexibility index (Phi) is 5.97. The van der Waals surface area contributed by atoms with Crippen LogP contribution in [0.25, 0.3) is 5.69 Å². The number of benzene rings is 2. The van der Waals surface area contributed by atoms with Gasteiger partial charge in [-0.15, -0.1) is 0 Å². The lowest BCUT2D eigenvalue weighted by Gasteiger charge is -2.30. The van der Waals surface area contributed by atoms with Crippen molar-refractivity contribution in [1.29, 1.82) is 0 Å². The molecule has 0 spiro atoms. The van der Waals surface area contributed by atoms with Gasteiger partial charge in [-0.2, -0.15) is 9.78 Å². The second-order valence-electron chi connectivity index (χ2n) is 7.48. The summed E-state index contributed by atoms with van der Waals surface area (Å²) in [5.74, 6) is -0.914. The Hall–Kier alpha value is -3.98. The number of aromatic nitrogens is 2. The van der Waals surface area contributed by atoms with E-state index < -0.39 is 23.8 Å². The molecule has 0 radical (unpaired) electrons. The lowest BCUT2D eigenvalue weighted by molar-refractivity contribution is -0.113. The average Bonchev–Trinajstić information content (AvgIpc) is 2.78. The van der Waals surface area contributed by atoms with Crippen molar-refractivity contribution in [2.24, 2.45) is 0 Å². The van der Waals surface area contributed by atoms with Gasteiger partial charge in [-0.25, -0.2) is 9.18 Å². The fraction of sp³-hybridized carbons (Fsp3) is 0.130. The number of aryl methyl sites for hydroxylation is 1. The van der Waals surface area contributed by atoms with Crippen LogP contribution in [0.2, 0.25) is 5.02 Å². The highest BCUT2D eigenvalue weighted by Crippen LogP contribution is 2.30. The predicted octanol–water partition coefficient (Wildman–Crippen LogP) is 3.55. The van der Waals surface area contributed by atoms with Crippen LogP contribution in [0.15, 0.2) is 71.3 Å². The van der Waals surface area contributed by atoms with E-state index in [2.05, 4.69) is 15.7 Å². The molecule has 0 bridgehead atoms. The fourth-order valence-electron chi connectivity index (χ4n) is 3.44.